The summed E-state index contributed by atoms with van der Waals surface area (Å²) in [6, 6.07) is 10.1. The average molecular weight is 442 g/mol. The molecule has 2 amide bonds. The summed E-state index contributed by atoms with van der Waals surface area (Å²) in [5, 5.41) is 3.50. The van der Waals surface area contributed by atoms with E-state index in [0.29, 0.717) is 15.6 Å². The summed E-state index contributed by atoms with van der Waals surface area (Å²) in [6.45, 7) is 3.09. The van der Waals surface area contributed by atoms with E-state index < -0.39 is 11.7 Å². The van der Waals surface area contributed by atoms with E-state index in [1.807, 2.05) is 12.1 Å². The monoisotopic (exact) mass is 441 g/mol. The number of benzene rings is 2. The predicted molar refractivity (Wildman–Crippen MR) is 120 cm³/mol. The number of nitrogens with two attached hydrogens (primary N) is 1. The maximum absolute atomic E-state index is 14.1. The van der Waals surface area contributed by atoms with Crippen LogP contribution in [-0.2, 0) is 6.54 Å². The molecule has 0 unspecified atom stereocenters. The molecule has 2 heterocycles. The van der Waals surface area contributed by atoms with Crippen molar-refractivity contribution in [2.75, 3.05) is 25.5 Å². The first-order chi connectivity index (χ1) is 15.0. The van der Waals surface area contributed by atoms with Gasteiger partial charge in [-0.15, -0.1) is 11.3 Å². The summed E-state index contributed by atoms with van der Waals surface area (Å²) >= 11 is 1.10. The number of halogens is 1. The van der Waals surface area contributed by atoms with E-state index in [1.165, 1.54) is 38.5 Å². The molecule has 31 heavy (non-hydrogen) atoms. The SMILES string of the molecule is COc1cc2c(C(N)=O)c(NC(=O)c3ccc(CN4CCCCC4)cc3)sc2cc1F. The number of thiophene rings is 1. The van der Waals surface area contributed by atoms with Gasteiger partial charge in [0.15, 0.2) is 11.6 Å². The van der Waals surface area contributed by atoms with E-state index in [0.717, 1.165) is 36.5 Å². The molecule has 6 nitrogen and oxygen atoms in total. The lowest BCUT2D eigenvalue weighted by Gasteiger charge is -2.26. The molecule has 1 fully saturated rings. The summed E-state index contributed by atoms with van der Waals surface area (Å²) < 4.78 is 19.6. The molecule has 0 aliphatic carbocycles. The zero-order valence-electron chi connectivity index (χ0n) is 17.2. The summed E-state index contributed by atoms with van der Waals surface area (Å²) in [5.74, 6) is -1.59. The van der Waals surface area contributed by atoms with Crippen LogP contribution in [0, 0.1) is 5.82 Å². The van der Waals surface area contributed by atoms with Gasteiger partial charge in [-0.2, -0.15) is 0 Å². The number of ether oxygens (including phenoxy) is 1. The van der Waals surface area contributed by atoms with Crippen molar-refractivity contribution < 1.29 is 18.7 Å². The number of nitrogens with one attached hydrogen (secondary N) is 1. The van der Waals surface area contributed by atoms with Gasteiger partial charge in [0, 0.05) is 22.2 Å². The molecule has 0 saturated carbocycles. The van der Waals surface area contributed by atoms with E-state index in [-0.39, 0.29) is 22.2 Å². The van der Waals surface area contributed by atoms with Crippen LogP contribution in [0.4, 0.5) is 9.39 Å². The molecule has 3 aromatic rings. The molecular weight excluding hydrogens is 417 g/mol. The Kier molecular flexibility index (Phi) is 6.20. The van der Waals surface area contributed by atoms with Crippen LogP contribution in [-0.4, -0.2) is 36.9 Å². The quantitative estimate of drug-likeness (QED) is 0.594. The second-order valence-electron chi connectivity index (χ2n) is 7.64. The molecule has 0 radical (unpaired) electrons. The number of piperidine rings is 1. The molecule has 4 rings (SSSR count). The highest BCUT2D eigenvalue weighted by Gasteiger charge is 2.21. The third kappa shape index (κ3) is 4.55. The standard InChI is InChI=1S/C23H24FN3O3S/c1-30-18-11-16-19(12-17(18)24)31-23(20(16)21(25)28)26-22(29)15-7-5-14(6-8-15)13-27-9-3-2-4-10-27/h5-8,11-12H,2-4,9-10,13H2,1H3,(H2,25,28)(H,26,29). The lowest BCUT2D eigenvalue weighted by atomic mass is 10.1. The fourth-order valence-electron chi connectivity index (χ4n) is 3.90. The Labute approximate surface area is 183 Å². The number of nitrogens with zero attached hydrogens (tertiary/aromatic N) is 1. The van der Waals surface area contributed by atoms with Crippen molar-refractivity contribution in [2.45, 2.75) is 25.8 Å². The largest absolute Gasteiger partial charge is 0.494 e. The van der Waals surface area contributed by atoms with Crippen LogP contribution in [0.15, 0.2) is 36.4 Å². The number of carbonyl (C=O) groups is 2. The number of hydrogen-bond donors (Lipinski definition) is 2. The van der Waals surface area contributed by atoms with Crippen molar-refractivity contribution in [3.63, 3.8) is 0 Å². The summed E-state index contributed by atoms with van der Waals surface area (Å²) in [7, 11) is 1.35. The van der Waals surface area contributed by atoms with Gasteiger partial charge in [-0.1, -0.05) is 18.6 Å². The van der Waals surface area contributed by atoms with Crippen molar-refractivity contribution in [3.05, 3.63) is 58.9 Å². The topological polar surface area (TPSA) is 84.7 Å². The minimum Gasteiger partial charge on any atom is -0.494 e. The van der Waals surface area contributed by atoms with Crippen LogP contribution in [0.3, 0.4) is 0 Å². The fourth-order valence-corrected chi connectivity index (χ4v) is 5.01. The summed E-state index contributed by atoms with van der Waals surface area (Å²) in [5.41, 5.74) is 7.33. The third-order valence-electron chi connectivity index (χ3n) is 5.51. The van der Waals surface area contributed by atoms with Crippen LogP contribution < -0.4 is 15.8 Å². The number of anilines is 1. The Balaban J connectivity index is 1.55. The van der Waals surface area contributed by atoms with Gasteiger partial charge >= 0.3 is 0 Å². The number of primary amides is 1. The molecule has 1 aliphatic heterocycles. The van der Waals surface area contributed by atoms with Crippen molar-refractivity contribution in [1.82, 2.24) is 4.90 Å². The predicted octanol–water partition coefficient (Wildman–Crippen LogP) is 4.39. The molecule has 0 atom stereocenters. The Morgan fingerprint density at radius 1 is 1.16 bits per heavy atom. The molecule has 0 bridgehead atoms. The highest BCUT2D eigenvalue weighted by atomic mass is 32.1. The summed E-state index contributed by atoms with van der Waals surface area (Å²) in [6.07, 6.45) is 3.75. The van der Waals surface area contributed by atoms with Gasteiger partial charge in [0.05, 0.1) is 12.7 Å². The number of likely N-dealkylation sites (tertiary alicyclic amines) is 1. The lowest BCUT2D eigenvalue weighted by Crippen LogP contribution is -2.29. The minimum atomic E-state index is -0.702. The van der Waals surface area contributed by atoms with Crippen LogP contribution in [0.2, 0.25) is 0 Å². The average Bonchev–Trinajstić information content (AvgIpc) is 3.10. The van der Waals surface area contributed by atoms with Crippen molar-refractivity contribution in [1.29, 1.82) is 0 Å². The lowest BCUT2D eigenvalue weighted by molar-refractivity contribution is 0.100. The van der Waals surface area contributed by atoms with Crippen LogP contribution in [0.25, 0.3) is 10.1 Å². The Hall–Kier alpha value is -2.97. The van der Waals surface area contributed by atoms with Crippen molar-refractivity contribution in [2.24, 2.45) is 5.73 Å². The Morgan fingerprint density at radius 3 is 2.52 bits per heavy atom. The zero-order chi connectivity index (χ0) is 22.0. The van der Waals surface area contributed by atoms with Gasteiger partial charge in [0.25, 0.3) is 11.8 Å². The smallest absolute Gasteiger partial charge is 0.256 e. The summed E-state index contributed by atoms with van der Waals surface area (Å²) in [4.78, 5) is 27.3. The second kappa shape index (κ2) is 9.03. The molecule has 2 aromatic carbocycles. The molecule has 0 spiro atoms. The van der Waals surface area contributed by atoms with Crippen molar-refractivity contribution in [3.8, 4) is 5.75 Å². The van der Waals surface area contributed by atoms with Crippen LogP contribution in [0.5, 0.6) is 5.75 Å². The highest BCUT2D eigenvalue weighted by Crippen LogP contribution is 2.38. The van der Waals surface area contributed by atoms with Crippen molar-refractivity contribution >= 4 is 38.2 Å². The van der Waals surface area contributed by atoms with E-state index in [2.05, 4.69) is 10.2 Å². The minimum absolute atomic E-state index is 0.00923. The number of amides is 2. The van der Waals surface area contributed by atoms with Gasteiger partial charge in [0.2, 0.25) is 0 Å². The Morgan fingerprint density at radius 2 is 1.87 bits per heavy atom. The first kappa shape index (κ1) is 21.3. The molecule has 1 aromatic heterocycles. The number of fused-ring (bicyclic) bond motifs is 1. The normalized spacial score (nSPS) is 14.5. The van der Waals surface area contributed by atoms with E-state index in [4.69, 9.17) is 10.5 Å². The number of methoxy groups -OCH3 is 1. The van der Waals surface area contributed by atoms with Gasteiger partial charge in [-0.3, -0.25) is 14.5 Å². The second-order valence-corrected chi connectivity index (χ2v) is 8.69. The molecule has 1 aliphatic rings. The van der Waals surface area contributed by atoms with E-state index in [9.17, 15) is 14.0 Å². The Bertz CT molecular complexity index is 1120. The van der Waals surface area contributed by atoms with Gasteiger partial charge in [0.1, 0.15) is 5.00 Å². The van der Waals surface area contributed by atoms with E-state index >= 15 is 0 Å². The number of rotatable bonds is 6. The highest BCUT2D eigenvalue weighted by molar-refractivity contribution is 7.23. The van der Waals surface area contributed by atoms with Gasteiger partial charge < -0.3 is 15.8 Å². The number of hydrogen-bond acceptors (Lipinski definition) is 5. The fraction of sp³-hybridized carbons (Fsp3) is 0.304. The first-order valence-corrected chi connectivity index (χ1v) is 11.0. The van der Waals surface area contributed by atoms with Crippen LogP contribution >= 0.6 is 11.3 Å². The zero-order valence-corrected chi connectivity index (χ0v) is 18.1. The molecule has 3 N–H and O–H groups in total. The first-order valence-electron chi connectivity index (χ1n) is 10.2. The maximum Gasteiger partial charge on any atom is 0.256 e. The van der Waals surface area contributed by atoms with Crippen LogP contribution in [0.1, 0.15) is 45.5 Å². The maximum atomic E-state index is 14.1. The molecule has 8 heteroatoms. The van der Waals surface area contributed by atoms with Gasteiger partial charge in [-0.05, 0) is 55.8 Å². The third-order valence-corrected chi connectivity index (χ3v) is 6.57. The molecule has 162 valence electrons. The van der Waals surface area contributed by atoms with E-state index in [1.54, 1.807) is 12.1 Å². The van der Waals surface area contributed by atoms with Gasteiger partial charge in [-0.25, -0.2) is 4.39 Å². The molecular formula is C23H24FN3O3S. The number of carbonyl (C=O) groups excluding carboxylic acids is 2. The molecule has 1 saturated heterocycles.